The molecule has 0 aliphatic carbocycles. The SMILES string of the molecule is I.O=[N+]([O-])O.[H-].[K+]. The number of nitrogens with zero attached hydrogens (tertiary/aromatic N) is 1. The van der Waals surface area contributed by atoms with Crippen LogP contribution in [0.15, 0.2) is 0 Å². The molecule has 0 fully saturated rings. The zero-order valence-electron chi connectivity index (χ0n) is 4.12. The summed E-state index contributed by atoms with van der Waals surface area (Å²) in [7, 11) is 0. The van der Waals surface area contributed by atoms with Crippen LogP contribution in [0, 0.1) is 10.1 Å². The van der Waals surface area contributed by atoms with E-state index in [1.807, 2.05) is 0 Å². The summed E-state index contributed by atoms with van der Waals surface area (Å²) in [5, 5.41) is 13.6. The summed E-state index contributed by atoms with van der Waals surface area (Å²) < 4.78 is 0. The number of halogens is 1. The Labute approximate surface area is 95.3 Å². The minimum atomic E-state index is -1.50. The van der Waals surface area contributed by atoms with Crippen molar-refractivity contribution in [3.63, 3.8) is 0 Å². The van der Waals surface area contributed by atoms with Crippen LogP contribution in [0.3, 0.4) is 0 Å². The maximum Gasteiger partial charge on any atom is 1.00 e. The molecular formula is H3IKNO3. The van der Waals surface area contributed by atoms with Crippen molar-refractivity contribution in [3.05, 3.63) is 10.1 Å². The van der Waals surface area contributed by atoms with Crippen molar-refractivity contribution in [2.75, 3.05) is 0 Å². The zero-order chi connectivity index (χ0) is 3.58. The predicted octanol–water partition coefficient (Wildman–Crippen LogP) is -2.61. The van der Waals surface area contributed by atoms with Gasteiger partial charge in [-0.3, -0.25) is 0 Å². The minimum absolute atomic E-state index is 0. The van der Waals surface area contributed by atoms with E-state index in [2.05, 4.69) is 0 Å². The van der Waals surface area contributed by atoms with Crippen LogP contribution < -0.4 is 51.4 Å². The summed E-state index contributed by atoms with van der Waals surface area (Å²) in [4.78, 5) is 8.36. The van der Waals surface area contributed by atoms with Crippen LogP contribution in [0.2, 0.25) is 0 Å². The van der Waals surface area contributed by atoms with Gasteiger partial charge in [0.25, 0.3) is 5.09 Å². The van der Waals surface area contributed by atoms with E-state index in [-0.39, 0.29) is 76.8 Å². The van der Waals surface area contributed by atoms with Crippen molar-refractivity contribution in [3.8, 4) is 0 Å². The van der Waals surface area contributed by atoms with Gasteiger partial charge in [-0.25, -0.2) is 0 Å². The van der Waals surface area contributed by atoms with Gasteiger partial charge in [0.15, 0.2) is 0 Å². The van der Waals surface area contributed by atoms with Gasteiger partial charge in [0.2, 0.25) is 0 Å². The first-order valence-corrected chi connectivity index (χ1v) is 0.565. The molecule has 0 bridgehead atoms. The van der Waals surface area contributed by atoms with E-state index < -0.39 is 5.09 Å². The van der Waals surface area contributed by atoms with Crippen molar-refractivity contribution in [1.29, 1.82) is 0 Å². The molecule has 0 saturated carbocycles. The van der Waals surface area contributed by atoms with Crippen LogP contribution in [0.1, 0.15) is 1.43 Å². The quantitative estimate of drug-likeness (QED) is 0.215. The first kappa shape index (κ1) is 15.6. The molecule has 0 amide bonds. The average molecular weight is 231 g/mol. The van der Waals surface area contributed by atoms with Crippen molar-refractivity contribution in [1.82, 2.24) is 0 Å². The molecule has 6 heteroatoms. The Morgan fingerprint density at radius 3 is 1.83 bits per heavy atom. The summed E-state index contributed by atoms with van der Waals surface area (Å²) >= 11 is 0. The number of rotatable bonds is 0. The predicted molar refractivity (Wildman–Crippen MR) is 25.3 cm³/mol. The summed E-state index contributed by atoms with van der Waals surface area (Å²) in [6.07, 6.45) is 0. The van der Waals surface area contributed by atoms with Crippen LogP contribution in [0.25, 0.3) is 0 Å². The molecule has 0 unspecified atom stereocenters. The van der Waals surface area contributed by atoms with E-state index in [1.54, 1.807) is 0 Å². The van der Waals surface area contributed by atoms with Crippen molar-refractivity contribution in [2.45, 2.75) is 0 Å². The maximum absolute atomic E-state index is 8.36. The van der Waals surface area contributed by atoms with Crippen molar-refractivity contribution < 1.29 is 63.1 Å². The van der Waals surface area contributed by atoms with E-state index >= 15 is 0 Å². The van der Waals surface area contributed by atoms with Gasteiger partial charge in [0.05, 0.1) is 0 Å². The Morgan fingerprint density at radius 1 is 1.83 bits per heavy atom. The molecule has 0 aliphatic rings. The second-order valence-electron chi connectivity index (χ2n) is 0.238. The van der Waals surface area contributed by atoms with Gasteiger partial charge in [-0.1, -0.05) is 0 Å². The maximum atomic E-state index is 8.36. The Bertz CT molecular complexity index is 37.9. The molecule has 34 valence electrons. The molecular weight excluding hydrogens is 228 g/mol. The van der Waals surface area contributed by atoms with Gasteiger partial charge in [-0.2, -0.15) is 0 Å². The van der Waals surface area contributed by atoms with E-state index in [0.717, 1.165) is 0 Å². The Hall–Kier alpha value is 1.57. The van der Waals surface area contributed by atoms with Gasteiger partial charge in [0, 0.05) is 0 Å². The molecule has 0 atom stereocenters. The topological polar surface area (TPSA) is 63.4 Å². The normalized spacial score (nSPS) is 4.00. The Balaban J connectivity index is -0.0000000150. The van der Waals surface area contributed by atoms with E-state index in [1.165, 1.54) is 0 Å². The first-order chi connectivity index (χ1) is 1.73. The molecule has 0 aromatic heterocycles. The fourth-order valence-corrected chi connectivity index (χ4v) is 0. The minimum Gasteiger partial charge on any atom is -1.00 e. The third-order valence-electron chi connectivity index (χ3n) is 0. The van der Waals surface area contributed by atoms with Gasteiger partial charge in [-0.15, -0.1) is 34.1 Å². The van der Waals surface area contributed by atoms with Crippen molar-refractivity contribution >= 4 is 24.0 Å². The largest absolute Gasteiger partial charge is 1.00 e. The smallest absolute Gasteiger partial charge is 1.00 e. The van der Waals surface area contributed by atoms with Crippen LogP contribution >= 0.6 is 24.0 Å². The summed E-state index contributed by atoms with van der Waals surface area (Å²) in [5.74, 6) is 0. The summed E-state index contributed by atoms with van der Waals surface area (Å²) in [6.45, 7) is 0. The molecule has 0 spiro atoms. The molecule has 1 N–H and O–H groups in total. The van der Waals surface area contributed by atoms with Gasteiger partial charge >= 0.3 is 51.4 Å². The molecule has 0 rings (SSSR count). The second-order valence-corrected chi connectivity index (χ2v) is 0.238. The first-order valence-electron chi connectivity index (χ1n) is 0.565. The van der Waals surface area contributed by atoms with E-state index in [0.29, 0.717) is 0 Å². The van der Waals surface area contributed by atoms with Crippen LogP contribution in [-0.2, 0) is 0 Å². The monoisotopic (exact) mass is 231 g/mol. The molecule has 0 heterocycles. The average Bonchev–Trinajstić information content (AvgIpc) is 0.811. The van der Waals surface area contributed by atoms with Gasteiger partial charge < -0.3 is 6.63 Å². The fourth-order valence-electron chi connectivity index (χ4n) is 0. The van der Waals surface area contributed by atoms with Crippen LogP contribution in [0.4, 0.5) is 0 Å². The van der Waals surface area contributed by atoms with E-state index in [4.69, 9.17) is 15.3 Å². The zero-order valence-corrected chi connectivity index (χ0v) is 8.57. The summed E-state index contributed by atoms with van der Waals surface area (Å²) in [5.41, 5.74) is 0. The van der Waals surface area contributed by atoms with E-state index in [9.17, 15) is 0 Å². The molecule has 0 aromatic rings. The Morgan fingerprint density at radius 2 is 1.83 bits per heavy atom. The summed E-state index contributed by atoms with van der Waals surface area (Å²) in [6, 6.07) is 0. The standard InChI is InChI=1S/HI.K.HNO3.H/c;;2-1(3)4;/h1H;;(H,2,3,4);/q;+1;;-1. The third kappa shape index (κ3) is 47.3. The Kier molecular flexibility index (Phi) is 25.4. The molecule has 0 aromatic carbocycles. The van der Waals surface area contributed by atoms with Gasteiger partial charge in [-0.05, 0) is 0 Å². The van der Waals surface area contributed by atoms with Gasteiger partial charge in [0.1, 0.15) is 0 Å². The second kappa shape index (κ2) is 9.76. The fraction of sp³-hybridized carbons (Fsp3) is 0. The number of hydrogen-bond donors (Lipinski definition) is 1. The van der Waals surface area contributed by atoms with Crippen LogP contribution in [-0.4, -0.2) is 10.3 Å². The molecule has 4 nitrogen and oxygen atoms in total. The third-order valence-corrected chi connectivity index (χ3v) is 0. The molecule has 0 saturated heterocycles. The van der Waals surface area contributed by atoms with Crippen molar-refractivity contribution in [2.24, 2.45) is 0 Å². The molecule has 0 aliphatic heterocycles. The van der Waals surface area contributed by atoms with Crippen LogP contribution in [0.5, 0.6) is 0 Å². The molecule has 6 heavy (non-hydrogen) atoms. The molecule has 0 radical (unpaired) electrons. The number of hydrogen-bond acceptors (Lipinski definition) is 2.